The van der Waals surface area contributed by atoms with Gasteiger partial charge in [0.05, 0.1) is 5.69 Å². The molecule has 0 saturated carbocycles. The Balaban J connectivity index is 2.20. The van der Waals surface area contributed by atoms with Crippen molar-refractivity contribution in [2.24, 2.45) is 5.41 Å². The van der Waals surface area contributed by atoms with Crippen LogP contribution in [0.1, 0.15) is 43.7 Å². The van der Waals surface area contributed by atoms with E-state index in [1.807, 2.05) is 44.3 Å². The van der Waals surface area contributed by atoms with Gasteiger partial charge in [-0.3, -0.25) is 9.89 Å². The molecule has 2 aromatic rings. The van der Waals surface area contributed by atoms with E-state index in [1.165, 1.54) is 5.56 Å². The molecule has 22 heavy (non-hydrogen) atoms. The standard InChI is InChI=1S/C18H25N3O/c1-12-7-9-14(10-8-12)15-11-16(20-19-15)17(22)21(6)13(2)18(3,4)5/h7-11,13H,1-6H3,(H,19,20)/t13-/m0/s1. The minimum Gasteiger partial charge on any atom is -0.337 e. The Labute approximate surface area is 132 Å². The lowest BCUT2D eigenvalue weighted by Gasteiger charge is -2.35. The smallest absolute Gasteiger partial charge is 0.271 e. The molecule has 0 unspecified atom stereocenters. The maximum Gasteiger partial charge on any atom is 0.271 e. The molecule has 118 valence electrons. The number of rotatable bonds is 3. The summed E-state index contributed by atoms with van der Waals surface area (Å²) in [6.07, 6.45) is 0. The molecule has 0 spiro atoms. The molecule has 1 N–H and O–H groups in total. The van der Waals surface area contributed by atoms with Crippen LogP contribution in [-0.2, 0) is 0 Å². The Bertz CT molecular complexity index is 650. The summed E-state index contributed by atoms with van der Waals surface area (Å²) in [5, 5.41) is 7.13. The Morgan fingerprint density at radius 3 is 2.36 bits per heavy atom. The molecule has 1 atom stereocenters. The Morgan fingerprint density at radius 1 is 1.23 bits per heavy atom. The van der Waals surface area contributed by atoms with Gasteiger partial charge in [-0.2, -0.15) is 5.10 Å². The van der Waals surface area contributed by atoms with Crippen molar-refractivity contribution in [1.82, 2.24) is 15.1 Å². The summed E-state index contributed by atoms with van der Waals surface area (Å²) in [7, 11) is 1.84. The lowest BCUT2D eigenvalue weighted by molar-refractivity contribution is 0.0623. The Kier molecular flexibility index (Phi) is 4.40. The first-order chi connectivity index (χ1) is 10.2. The highest BCUT2D eigenvalue weighted by molar-refractivity contribution is 5.93. The summed E-state index contributed by atoms with van der Waals surface area (Å²) in [6.45, 7) is 10.5. The molecule has 0 fully saturated rings. The van der Waals surface area contributed by atoms with E-state index >= 15 is 0 Å². The molecule has 1 aromatic heterocycles. The molecule has 4 nitrogen and oxygen atoms in total. The normalized spacial score (nSPS) is 13.0. The second-order valence-corrected chi connectivity index (χ2v) is 6.99. The van der Waals surface area contributed by atoms with E-state index in [4.69, 9.17) is 0 Å². The topological polar surface area (TPSA) is 49.0 Å². The third kappa shape index (κ3) is 3.38. The molecule has 4 heteroatoms. The van der Waals surface area contributed by atoms with Crippen molar-refractivity contribution in [3.63, 3.8) is 0 Å². The number of aromatic amines is 1. The zero-order valence-corrected chi connectivity index (χ0v) is 14.3. The van der Waals surface area contributed by atoms with Crippen LogP contribution in [0.25, 0.3) is 11.3 Å². The molecule has 1 aromatic carbocycles. The van der Waals surface area contributed by atoms with Gasteiger partial charge in [0.2, 0.25) is 0 Å². The van der Waals surface area contributed by atoms with Crippen molar-refractivity contribution < 1.29 is 4.79 Å². The average molecular weight is 299 g/mol. The lowest BCUT2D eigenvalue weighted by atomic mass is 9.87. The Morgan fingerprint density at radius 2 is 1.82 bits per heavy atom. The van der Waals surface area contributed by atoms with E-state index < -0.39 is 0 Å². The van der Waals surface area contributed by atoms with Gasteiger partial charge < -0.3 is 4.90 Å². The number of hydrogen-bond donors (Lipinski definition) is 1. The lowest BCUT2D eigenvalue weighted by Crippen LogP contribution is -2.43. The van der Waals surface area contributed by atoms with Crippen LogP contribution in [0.15, 0.2) is 30.3 Å². The minimum atomic E-state index is -0.0340. The van der Waals surface area contributed by atoms with E-state index in [0.717, 1.165) is 11.3 Å². The third-order valence-electron chi connectivity index (χ3n) is 4.31. The molecule has 0 saturated heterocycles. The van der Waals surface area contributed by atoms with Gasteiger partial charge in [0.15, 0.2) is 0 Å². The van der Waals surface area contributed by atoms with Crippen LogP contribution in [-0.4, -0.2) is 34.1 Å². The number of aryl methyl sites for hydroxylation is 1. The molecule has 0 bridgehead atoms. The van der Waals surface area contributed by atoms with Crippen molar-refractivity contribution in [3.05, 3.63) is 41.6 Å². The van der Waals surface area contributed by atoms with Crippen LogP contribution in [0.2, 0.25) is 0 Å². The fraction of sp³-hybridized carbons (Fsp3) is 0.444. The van der Waals surface area contributed by atoms with Crippen LogP contribution in [0.5, 0.6) is 0 Å². The molecule has 1 amide bonds. The first-order valence-electron chi connectivity index (χ1n) is 7.60. The second kappa shape index (κ2) is 5.95. The fourth-order valence-electron chi connectivity index (χ4n) is 2.25. The van der Waals surface area contributed by atoms with E-state index in [2.05, 4.69) is 37.9 Å². The molecular weight excluding hydrogens is 274 g/mol. The summed E-state index contributed by atoms with van der Waals surface area (Å²) < 4.78 is 0. The number of nitrogens with zero attached hydrogens (tertiary/aromatic N) is 2. The summed E-state index contributed by atoms with van der Waals surface area (Å²) in [4.78, 5) is 14.4. The zero-order chi connectivity index (χ0) is 16.5. The van der Waals surface area contributed by atoms with Crippen LogP contribution in [0.3, 0.4) is 0 Å². The number of nitrogens with one attached hydrogen (secondary N) is 1. The maximum atomic E-state index is 12.6. The van der Waals surface area contributed by atoms with Gasteiger partial charge in [0.25, 0.3) is 5.91 Å². The van der Waals surface area contributed by atoms with Gasteiger partial charge >= 0.3 is 0 Å². The van der Waals surface area contributed by atoms with Gasteiger partial charge in [-0.1, -0.05) is 50.6 Å². The predicted molar refractivity (Wildman–Crippen MR) is 89.8 cm³/mol. The van der Waals surface area contributed by atoms with Crippen LogP contribution < -0.4 is 0 Å². The van der Waals surface area contributed by atoms with Crippen LogP contribution in [0.4, 0.5) is 0 Å². The molecule has 0 aliphatic carbocycles. The van der Waals surface area contributed by atoms with Crippen molar-refractivity contribution >= 4 is 5.91 Å². The maximum absolute atomic E-state index is 12.6. The molecule has 1 heterocycles. The van der Waals surface area contributed by atoms with Crippen molar-refractivity contribution in [3.8, 4) is 11.3 Å². The number of aromatic nitrogens is 2. The van der Waals surface area contributed by atoms with E-state index in [-0.39, 0.29) is 17.4 Å². The zero-order valence-electron chi connectivity index (χ0n) is 14.3. The second-order valence-electron chi connectivity index (χ2n) is 6.99. The number of hydrogen-bond acceptors (Lipinski definition) is 2. The van der Waals surface area contributed by atoms with Crippen molar-refractivity contribution in [2.75, 3.05) is 7.05 Å². The predicted octanol–water partition coefficient (Wildman–Crippen LogP) is 3.89. The van der Waals surface area contributed by atoms with Gasteiger partial charge in [-0.15, -0.1) is 0 Å². The highest BCUT2D eigenvalue weighted by Gasteiger charge is 2.28. The molecule has 2 rings (SSSR count). The average Bonchev–Trinajstić information content (AvgIpc) is 2.94. The van der Waals surface area contributed by atoms with Crippen molar-refractivity contribution in [2.45, 2.75) is 40.7 Å². The Hall–Kier alpha value is -2.10. The molecular formula is C18H25N3O. The number of carbonyl (C=O) groups excluding carboxylic acids is 1. The summed E-state index contributed by atoms with van der Waals surface area (Å²) in [5.41, 5.74) is 3.56. The number of amides is 1. The molecule has 0 aliphatic heterocycles. The number of H-pyrrole nitrogens is 1. The fourth-order valence-corrected chi connectivity index (χ4v) is 2.25. The van der Waals surface area contributed by atoms with E-state index in [0.29, 0.717) is 5.69 Å². The quantitative estimate of drug-likeness (QED) is 0.934. The van der Waals surface area contributed by atoms with E-state index in [9.17, 15) is 4.79 Å². The van der Waals surface area contributed by atoms with Crippen LogP contribution in [0, 0.1) is 12.3 Å². The van der Waals surface area contributed by atoms with Gasteiger partial charge in [-0.05, 0) is 25.3 Å². The minimum absolute atomic E-state index is 0.0320. The molecule has 0 aliphatic rings. The van der Waals surface area contributed by atoms with E-state index in [1.54, 1.807) is 4.90 Å². The monoisotopic (exact) mass is 299 g/mol. The highest BCUT2D eigenvalue weighted by Crippen LogP contribution is 2.25. The van der Waals surface area contributed by atoms with Crippen molar-refractivity contribution in [1.29, 1.82) is 0 Å². The van der Waals surface area contributed by atoms with Gasteiger partial charge in [0, 0.05) is 18.7 Å². The summed E-state index contributed by atoms with van der Waals surface area (Å²) >= 11 is 0. The summed E-state index contributed by atoms with van der Waals surface area (Å²) in [6, 6.07) is 10.1. The first-order valence-corrected chi connectivity index (χ1v) is 7.60. The third-order valence-corrected chi connectivity index (χ3v) is 4.31. The van der Waals surface area contributed by atoms with Gasteiger partial charge in [0.1, 0.15) is 5.69 Å². The number of benzene rings is 1. The van der Waals surface area contributed by atoms with Gasteiger partial charge in [-0.25, -0.2) is 0 Å². The largest absolute Gasteiger partial charge is 0.337 e. The van der Waals surface area contributed by atoms with Crippen LogP contribution >= 0.6 is 0 Å². The highest BCUT2D eigenvalue weighted by atomic mass is 16.2. The summed E-state index contributed by atoms with van der Waals surface area (Å²) in [5.74, 6) is -0.0340. The molecule has 0 radical (unpaired) electrons. The SMILES string of the molecule is Cc1ccc(-c2cc(C(=O)N(C)[C@@H](C)C(C)(C)C)[nH]n2)cc1. The number of carbonyl (C=O) groups is 1. The first kappa shape index (κ1) is 16.3.